The van der Waals surface area contributed by atoms with Crippen LogP contribution in [-0.4, -0.2) is 12.6 Å². The van der Waals surface area contributed by atoms with Crippen molar-refractivity contribution in [2.24, 2.45) is 0 Å². The molecule has 0 spiro atoms. The van der Waals surface area contributed by atoms with Crippen LogP contribution in [-0.2, 0) is 0 Å². The maximum absolute atomic E-state index is 11.5. The fraction of sp³-hybridized carbons (Fsp3) is 0.111. The Hall–Kier alpha value is -2.48. The van der Waals surface area contributed by atoms with Gasteiger partial charge in [-0.3, -0.25) is 9.59 Å². The maximum Gasteiger partial charge on any atom is 0.151 e. The molecule has 0 amide bonds. The highest BCUT2D eigenvalue weighted by Crippen LogP contribution is 2.32. The minimum Gasteiger partial charge on any atom is -0.298 e. The molecule has 0 N–H and O–H groups in total. The summed E-state index contributed by atoms with van der Waals surface area (Å²) in [6.45, 7) is 4.03. The van der Waals surface area contributed by atoms with E-state index in [0.29, 0.717) is 11.1 Å². The first-order valence-electron chi connectivity index (χ1n) is 6.53. The lowest BCUT2D eigenvalue weighted by molar-refractivity contribution is 0.111. The van der Waals surface area contributed by atoms with E-state index in [0.717, 1.165) is 45.2 Å². The Bertz CT molecular complexity index is 788. The molecule has 2 heteroatoms. The second-order valence-corrected chi connectivity index (χ2v) is 5.09. The standard InChI is InChI=1S/C18H14O2/c1-11-7-15-16(8-12(11)2)18(10-20)14-6-4-3-5-13(14)17(15)9-19/h3-10H,1-2H3. The number of hydrogen-bond donors (Lipinski definition) is 0. The summed E-state index contributed by atoms with van der Waals surface area (Å²) >= 11 is 0. The number of carbonyl (C=O) groups is 2. The maximum atomic E-state index is 11.5. The molecule has 3 aromatic carbocycles. The van der Waals surface area contributed by atoms with Crippen molar-refractivity contribution in [3.05, 3.63) is 58.7 Å². The smallest absolute Gasteiger partial charge is 0.151 e. The van der Waals surface area contributed by atoms with Crippen LogP contribution in [0.15, 0.2) is 36.4 Å². The highest BCUT2D eigenvalue weighted by atomic mass is 16.1. The molecule has 0 aromatic heterocycles. The Morgan fingerprint density at radius 2 is 1.10 bits per heavy atom. The van der Waals surface area contributed by atoms with Gasteiger partial charge in [-0.15, -0.1) is 0 Å². The monoisotopic (exact) mass is 262 g/mol. The van der Waals surface area contributed by atoms with Gasteiger partial charge in [-0.2, -0.15) is 0 Å². The molecular weight excluding hydrogens is 248 g/mol. The van der Waals surface area contributed by atoms with Gasteiger partial charge in [0.2, 0.25) is 0 Å². The molecular formula is C18H14O2. The largest absolute Gasteiger partial charge is 0.298 e. The zero-order valence-corrected chi connectivity index (χ0v) is 11.4. The molecule has 0 unspecified atom stereocenters. The first-order valence-corrected chi connectivity index (χ1v) is 6.53. The van der Waals surface area contributed by atoms with Gasteiger partial charge in [-0.05, 0) is 46.5 Å². The van der Waals surface area contributed by atoms with E-state index in [1.165, 1.54) is 0 Å². The zero-order valence-electron chi connectivity index (χ0n) is 11.4. The first kappa shape index (κ1) is 12.5. The Balaban J connectivity index is 2.68. The van der Waals surface area contributed by atoms with Crippen molar-refractivity contribution >= 4 is 34.1 Å². The van der Waals surface area contributed by atoms with E-state index in [2.05, 4.69) is 0 Å². The average Bonchev–Trinajstić information content (AvgIpc) is 2.46. The van der Waals surface area contributed by atoms with Crippen molar-refractivity contribution in [3.63, 3.8) is 0 Å². The average molecular weight is 262 g/mol. The molecule has 0 fully saturated rings. The van der Waals surface area contributed by atoms with Gasteiger partial charge in [0.05, 0.1) is 0 Å². The van der Waals surface area contributed by atoms with E-state index in [-0.39, 0.29) is 0 Å². The number of rotatable bonds is 2. The lowest BCUT2D eigenvalue weighted by Gasteiger charge is -2.12. The Labute approximate surface area is 117 Å². The van der Waals surface area contributed by atoms with E-state index in [1.807, 2.05) is 50.2 Å². The molecule has 0 radical (unpaired) electrons. The fourth-order valence-electron chi connectivity index (χ4n) is 2.76. The van der Waals surface area contributed by atoms with Crippen molar-refractivity contribution in [2.75, 3.05) is 0 Å². The van der Waals surface area contributed by atoms with Crippen molar-refractivity contribution in [1.82, 2.24) is 0 Å². The van der Waals surface area contributed by atoms with Crippen molar-refractivity contribution in [2.45, 2.75) is 13.8 Å². The van der Waals surface area contributed by atoms with Crippen LogP contribution in [0.5, 0.6) is 0 Å². The molecule has 0 bridgehead atoms. The van der Waals surface area contributed by atoms with Gasteiger partial charge >= 0.3 is 0 Å². The van der Waals surface area contributed by atoms with Crippen LogP contribution >= 0.6 is 0 Å². The molecule has 3 aromatic rings. The normalized spacial score (nSPS) is 10.9. The van der Waals surface area contributed by atoms with E-state index in [4.69, 9.17) is 0 Å². The second-order valence-electron chi connectivity index (χ2n) is 5.09. The Morgan fingerprint density at radius 3 is 1.45 bits per heavy atom. The van der Waals surface area contributed by atoms with Gasteiger partial charge in [-0.25, -0.2) is 0 Å². The van der Waals surface area contributed by atoms with Crippen LogP contribution in [0, 0.1) is 13.8 Å². The van der Waals surface area contributed by atoms with Crippen LogP contribution < -0.4 is 0 Å². The van der Waals surface area contributed by atoms with Gasteiger partial charge in [0.15, 0.2) is 12.6 Å². The number of hydrogen-bond acceptors (Lipinski definition) is 2. The van der Waals surface area contributed by atoms with Gasteiger partial charge in [0.25, 0.3) is 0 Å². The number of fused-ring (bicyclic) bond motifs is 2. The summed E-state index contributed by atoms with van der Waals surface area (Å²) in [4.78, 5) is 23.1. The van der Waals surface area contributed by atoms with E-state index < -0.39 is 0 Å². The van der Waals surface area contributed by atoms with E-state index in [9.17, 15) is 9.59 Å². The molecule has 0 atom stereocenters. The molecule has 0 aliphatic rings. The number of aryl methyl sites for hydroxylation is 2. The molecule has 0 aliphatic carbocycles. The second kappa shape index (κ2) is 4.57. The highest BCUT2D eigenvalue weighted by Gasteiger charge is 2.13. The summed E-state index contributed by atoms with van der Waals surface area (Å²) in [5.74, 6) is 0. The molecule has 3 rings (SSSR count). The van der Waals surface area contributed by atoms with E-state index >= 15 is 0 Å². The third kappa shape index (κ3) is 1.65. The van der Waals surface area contributed by atoms with Crippen molar-refractivity contribution in [1.29, 1.82) is 0 Å². The first-order chi connectivity index (χ1) is 9.67. The summed E-state index contributed by atoms with van der Waals surface area (Å²) in [5, 5.41) is 3.37. The molecule has 0 heterocycles. The highest BCUT2D eigenvalue weighted by molar-refractivity contribution is 6.20. The van der Waals surface area contributed by atoms with Crippen LogP contribution in [0.3, 0.4) is 0 Å². The lowest BCUT2D eigenvalue weighted by Crippen LogP contribution is -1.95. The molecule has 0 saturated heterocycles. The topological polar surface area (TPSA) is 34.1 Å². The summed E-state index contributed by atoms with van der Waals surface area (Å²) in [6.07, 6.45) is 1.77. The molecule has 0 aliphatic heterocycles. The quantitative estimate of drug-likeness (QED) is 0.511. The third-order valence-corrected chi connectivity index (χ3v) is 3.96. The summed E-state index contributed by atoms with van der Waals surface area (Å²) in [5.41, 5.74) is 3.55. The minimum atomic E-state index is 0.657. The molecule has 2 nitrogen and oxygen atoms in total. The van der Waals surface area contributed by atoms with Gasteiger partial charge in [0.1, 0.15) is 0 Å². The van der Waals surface area contributed by atoms with Gasteiger partial charge in [-0.1, -0.05) is 36.4 Å². The van der Waals surface area contributed by atoms with Crippen LogP contribution in [0.25, 0.3) is 21.5 Å². The van der Waals surface area contributed by atoms with Crippen LogP contribution in [0.4, 0.5) is 0 Å². The SMILES string of the molecule is Cc1cc2c(C=O)c3ccccc3c(C=O)c2cc1C. The Morgan fingerprint density at radius 1 is 0.700 bits per heavy atom. The van der Waals surface area contributed by atoms with Crippen molar-refractivity contribution in [3.8, 4) is 0 Å². The predicted octanol–water partition coefficient (Wildman–Crippen LogP) is 4.23. The third-order valence-electron chi connectivity index (χ3n) is 3.96. The summed E-state index contributed by atoms with van der Waals surface area (Å²) in [6, 6.07) is 11.5. The number of carbonyl (C=O) groups excluding carboxylic acids is 2. The van der Waals surface area contributed by atoms with E-state index in [1.54, 1.807) is 0 Å². The molecule has 20 heavy (non-hydrogen) atoms. The van der Waals surface area contributed by atoms with Crippen molar-refractivity contribution < 1.29 is 9.59 Å². The zero-order chi connectivity index (χ0) is 14.3. The molecule has 0 saturated carbocycles. The molecule has 98 valence electrons. The minimum absolute atomic E-state index is 0.657. The van der Waals surface area contributed by atoms with Gasteiger partial charge < -0.3 is 0 Å². The predicted molar refractivity (Wildman–Crippen MR) is 81.7 cm³/mol. The van der Waals surface area contributed by atoms with Gasteiger partial charge in [0, 0.05) is 11.1 Å². The number of benzene rings is 3. The summed E-state index contributed by atoms with van der Waals surface area (Å²) in [7, 11) is 0. The Kier molecular flexibility index (Phi) is 2.87. The summed E-state index contributed by atoms with van der Waals surface area (Å²) < 4.78 is 0. The number of aldehydes is 2. The fourth-order valence-corrected chi connectivity index (χ4v) is 2.76. The van der Waals surface area contributed by atoms with Crippen LogP contribution in [0.1, 0.15) is 31.8 Å². The van der Waals surface area contributed by atoms with Crippen LogP contribution in [0.2, 0.25) is 0 Å². The lowest BCUT2D eigenvalue weighted by atomic mass is 9.90.